The van der Waals surface area contributed by atoms with E-state index in [2.05, 4.69) is 55.5 Å². The van der Waals surface area contributed by atoms with Gasteiger partial charge in [-0.25, -0.2) is 0 Å². The van der Waals surface area contributed by atoms with Gasteiger partial charge in [0.1, 0.15) is 23.0 Å². The van der Waals surface area contributed by atoms with Gasteiger partial charge in [0, 0.05) is 28.9 Å². The Balaban J connectivity index is 1.07. The minimum atomic E-state index is -0.0326. The van der Waals surface area contributed by atoms with Gasteiger partial charge in [-0.1, -0.05) is 120 Å². The first-order valence-corrected chi connectivity index (χ1v) is 20.3. The maximum absolute atomic E-state index is 6.18. The van der Waals surface area contributed by atoms with Crippen molar-refractivity contribution in [2.45, 2.75) is 128 Å². The van der Waals surface area contributed by atoms with Gasteiger partial charge in [-0.05, 0) is 116 Å². The Labute approximate surface area is 308 Å². The molecule has 0 heterocycles. The van der Waals surface area contributed by atoms with Crippen molar-refractivity contribution in [2.24, 2.45) is 17.8 Å². The molecular formula is C47H62N2O2. The molecule has 2 fully saturated rings. The van der Waals surface area contributed by atoms with Gasteiger partial charge < -0.3 is 20.9 Å². The SMILES string of the molecule is CCCCCCCCCCC[C@H]1CC[C@@H](C2CCC(c3ccc(Oc4cccc(N)c4)cc3)(c3ccc(Oc4cccc(N)c4)cc3)CC2)CC1. The van der Waals surface area contributed by atoms with E-state index in [1.54, 1.807) is 0 Å². The van der Waals surface area contributed by atoms with Crippen LogP contribution < -0.4 is 20.9 Å². The highest BCUT2D eigenvalue weighted by molar-refractivity contribution is 5.48. The number of ether oxygens (including phenoxy) is 2. The molecular weight excluding hydrogens is 625 g/mol. The molecule has 0 bridgehead atoms. The summed E-state index contributed by atoms with van der Waals surface area (Å²) in [7, 11) is 0. The average Bonchev–Trinajstić information content (AvgIpc) is 3.15. The standard InChI is InChI=1S/C47H62N2O2/c1-2-3-4-5-6-7-8-9-10-13-36-18-20-37(21-19-36)38-30-32-47(33-31-38,39-22-26-43(27-23-39)50-45-16-11-14-41(48)34-45)40-24-28-44(29-25-40)51-46-17-12-15-42(49)35-46/h11-12,14-17,22-29,34-38H,2-10,13,18-21,30-33,48-49H2,1H3/t36-,37+. The predicted molar refractivity (Wildman–Crippen MR) is 215 cm³/mol. The number of unbranched alkanes of at least 4 members (excludes halogenated alkanes) is 8. The Morgan fingerprint density at radius 2 is 0.961 bits per heavy atom. The second-order valence-corrected chi connectivity index (χ2v) is 15.7. The van der Waals surface area contributed by atoms with Crippen LogP contribution >= 0.6 is 0 Å². The largest absolute Gasteiger partial charge is 0.457 e. The summed E-state index contributed by atoms with van der Waals surface area (Å²) >= 11 is 0. The lowest BCUT2D eigenvalue weighted by Gasteiger charge is -2.44. The zero-order valence-electron chi connectivity index (χ0n) is 31.2. The monoisotopic (exact) mass is 686 g/mol. The van der Waals surface area contributed by atoms with Gasteiger partial charge in [-0.3, -0.25) is 0 Å². The summed E-state index contributed by atoms with van der Waals surface area (Å²) in [6.07, 6.45) is 25.0. The Bertz CT molecular complexity index is 1510. The van der Waals surface area contributed by atoms with Crippen LogP contribution in [0, 0.1) is 17.8 Å². The second-order valence-electron chi connectivity index (χ2n) is 15.7. The minimum absolute atomic E-state index is 0.0326. The summed E-state index contributed by atoms with van der Waals surface area (Å²) in [5.41, 5.74) is 16.1. The van der Waals surface area contributed by atoms with Crippen LogP contribution in [-0.4, -0.2) is 0 Å². The topological polar surface area (TPSA) is 70.5 Å². The van der Waals surface area contributed by atoms with Crippen LogP contribution in [0.5, 0.6) is 23.0 Å². The first kappa shape index (κ1) is 36.9. The van der Waals surface area contributed by atoms with Crippen molar-refractivity contribution >= 4 is 11.4 Å². The molecule has 0 spiro atoms. The van der Waals surface area contributed by atoms with Crippen LogP contribution in [0.1, 0.15) is 134 Å². The van der Waals surface area contributed by atoms with E-state index in [-0.39, 0.29) is 5.41 Å². The van der Waals surface area contributed by atoms with Gasteiger partial charge in [-0.2, -0.15) is 0 Å². The smallest absolute Gasteiger partial charge is 0.129 e. The van der Waals surface area contributed by atoms with Gasteiger partial charge in [0.25, 0.3) is 0 Å². The van der Waals surface area contributed by atoms with Gasteiger partial charge in [-0.15, -0.1) is 0 Å². The number of nitrogen functional groups attached to an aromatic ring is 2. The quantitative estimate of drug-likeness (QED) is 0.0857. The summed E-state index contributed by atoms with van der Waals surface area (Å²) in [5, 5.41) is 0. The van der Waals surface area contributed by atoms with Crippen molar-refractivity contribution in [3.63, 3.8) is 0 Å². The predicted octanol–water partition coefficient (Wildman–Crippen LogP) is 13.6. The van der Waals surface area contributed by atoms with Crippen molar-refractivity contribution in [3.8, 4) is 23.0 Å². The molecule has 4 aromatic carbocycles. The fourth-order valence-electron chi connectivity index (χ4n) is 9.15. The third kappa shape index (κ3) is 10.3. The number of hydrogen-bond donors (Lipinski definition) is 2. The summed E-state index contributed by atoms with van der Waals surface area (Å²) in [4.78, 5) is 0. The van der Waals surface area contributed by atoms with Crippen LogP contribution in [0.4, 0.5) is 11.4 Å². The molecule has 4 heteroatoms. The minimum Gasteiger partial charge on any atom is -0.457 e. The number of hydrogen-bond acceptors (Lipinski definition) is 4. The molecule has 0 aliphatic heterocycles. The van der Waals surface area contributed by atoms with E-state index in [1.807, 2.05) is 48.5 Å². The van der Waals surface area contributed by atoms with Gasteiger partial charge >= 0.3 is 0 Å². The third-order valence-corrected chi connectivity index (χ3v) is 12.2. The molecule has 0 radical (unpaired) electrons. The Hall–Kier alpha value is -3.92. The maximum Gasteiger partial charge on any atom is 0.129 e. The van der Waals surface area contributed by atoms with E-state index in [4.69, 9.17) is 20.9 Å². The molecule has 0 atom stereocenters. The molecule has 4 aromatic rings. The molecule has 0 saturated heterocycles. The molecule has 4 nitrogen and oxygen atoms in total. The molecule has 4 N–H and O–H groups in total. The molecule has 6 rings (SSSR count). The van der Waals surface area contributed by atoms with Crippen LogP contribution in [0.15, 0.2) is 97.1 Å². The fourth-order valence-corrected chi connectivity index (χ4v) is 9.15. The highest BCUT2D eigenvalue weighted by atomic mass is 16.5. The van der Waals surface area contributed by atoms with E-state index in [1.165, 1.54) is 127 Å². The molecule has 2 saturated carbocycles. The van der Waals surface area contributed by atoms with Crippen LogP contribution in [-0.2, 0) is 5.41 Å². The van der Waals surface area contributed by atoms with Crippen LogP contribution in [0.3, 0.4) is 0 Å². The molecule has 2 aliphatic carbocycles. The van der Waals surface area contributed by atoms with Crippen molar-refractivity contribution < 1.29 is 9.47 Å². The molecule has 0 amide bonds. The van der Waals surface area contributed by atoms with Gasteiger partial charge in [0.05, 0.1) is 0 Å². The van der Waals surface area contributed by atoms with Crippen molar-refractivity contribution in [1.29, 1.82) is 0 Å². The molecule has 272 valence electrons. The van der Waals surface area contributed by atoms with Gasteiger partial charge in [0.15, 0.2) is 0 Å². The average molecular weight is 687 g/mol. The number of benzene rings is 4. The maximum atomic E-state index is 6.18. The van der Waals surface area contributed by atoms with Crippen LogP contribution in [0.25, 0.3) is 0 Å². The number of anilines is 2. The van der Waals surface area contributed by atoms with Gasteiger partial charge in [0.2, 0.25) is 0 Å². The highest BCUT2D eigenvalue weighted by Crippen LogP contribution is 2.51. The third-order valence-electron chi connectivity index (χ3n) is 12.2. The molecule has 0 unspecified atom stereocenters. The molecule has 0 aromatic heterocycles. The zero-order valence-corrected chi connectivity index (χ0v) is 31.2. The van der Waals surface area contributed by atoms with Crippen LogP contribution in [0.2, 0.25) is 0 Å². The normalized spacial score (nSPS) is 19.1. The molecule has 51 heavy (non-hydrogen) atoms. The first-order chi connectivity index (χ1) is 25.0. The summed E-state index contributed by atoms with van der Waals surface area (Å²) in [5.74, 6) is 5.88. The first-order valence-electron chi connectivity index (χ1n) is 20.3. The highest BCUT2D eigenvalue weighted by Gasteiger charge is 2.41. The van der Waals surface area contributed by atoms with E-state index in [0.717, 1.165) is 40.8 Å². The zero-order chi connectivity index (χ0) is 35.3. The Morgan fingerprint density at radius 1 is 0.510 bits per heavy atom. The lowest BCUT2D eigenvalue weighted by molar-refractivity contribution is 0.140. The molecule has 2 aliphatic rings. The number of rotatable bonds is 17. The summed E-state index contributed by atoms with van der Waals surface area (Å²) < 4.78 is 12.4. The van der Waals surface area contributed by atoms with E-state index >= 15 is 0 Å². The van der Waals surface area contributed by atoms with Crippen molar-refractivity contribution in [1.82, 2.24) is 0 Å². The second kappa shape index (κ2) is 18.5. The Kier molecular flexibility index (Phi) is 13.4. The fraction of sp³-hybridized carbons (Fsp3) is 0.489. The van der Waals surface area contributed by atoms with E-state index < -0.39 is 0 Å². The van der Waals surface area contributed by atoms with E-state index in [0.29, 0.717) is 11.4 Å². The Morgan fingerprint density at radius 3 is 1.43 bits per heavy atom. The van der Waals surface area contributed by atoms with Crippen molar-refractivity contribution in [2.75, 3.05) is 11.5 Å². The lowest BCUT2D eigenvalue weighted by Crippen LogP contribution is -2.35. The van der Waals surface area contributed by atoms with E-state index in [9.17, 15) is 0 Å². The van der Waals surface area contributed by atoms with Crippen molar-refractivity contribution in [3.05, 3.63) is 108 Å². The number of nitrogens with two attached hydrogens (primary N) is 2. The lowest BCUT2D eigenvalue weighted by atomic mass is 9.60. The summed E-state index contributed by atoms with van der Waals surface area (Å²) in [6, 6.07) is 32.9. The summed E-state index contributed by atoms with van der Waals surface area (Å²) in [6.45, 7) is 2.30.